The normalized spacial score (nSPS) is 16.0. The van der Waals surface area contributed by atoms with Crippen LogP contribution >= 0.6 is 11.3 Å². The third kappa shape index (κ3) is 2.74. The smallest absolute Gasteiger partial charge is 0.180 e. The number of benzene rings is 3. The van der Waals surface area contributed by atoms with E-state index >= 15 is 0 Å². The van der Waals surface area contributed by atoms with Gasteiger partial charge in [0.2, 0.25) is 0 Å². The quantitative estimate of drug-likeness (QED) is 0.453. The van der Waals surface area contributed by atoms with Gasteiger partial charge < -0.3 is 5.73 Å². The van der Waals surface area contributed by atoms with E-state index in [1.54, 1.807) is 11.3 Å². The minimum atomic E-state index is 0.0331. The molecule has 1 aromatic heterocycles. The highest BCUT2D eigenvalue weighted by atomic mass is 32.1. The van der Waals surface area contributed by atoms with Crippen molar-refractivity contribution in [1.29, 1.82) is 0 Å². The number of thiazole rings is 1. The lowest BCUT2D eigenvalue weighted by Gasteiger charge is -2.28. The maximum Gasteiger partial charge on any atom is 0.180 e. The Balaban J connectivity index is 1.58. The largest absolute Gasteiger partial charge is 0.375 e. The molecule has 3 aromatic carbocycles. The predicted octanol–water partition coefficient (Wildman–Crippen LogP) is 6.41. The van der Waals surface area contributed by atoms with Gasteiger partial charge in [0.25, 0.3) is 0 Å². The summed E-state index contributed by atoms with van der Waals surface area (Å²) in [5.41, 5.74) is 11.1. The van der Waals surface area contributed by atoms with Crippen LogP contribution in [0.4, 0.5) is 5.13 Å². The highest BCUT2D eigenvalue weighted by molar-refractivity contribution is 7.13. The van der Waals surface area contributed by atoms with Gasteiger partial charge in [-0.05, 0) is 40.3 Å². The molecule has 0 radical (unpaired) electrons. The van der Waals surface area contributed by atoms with Crippen molar-refractivity contribution < 1.29 is 0 Å². The lowest BCUT2D eigenvalue weighted by atomic mass is 9.76. The van der Waals surface area contributed by atoms with E-state index in [-0.39, 0.29) is 5.41 Å². The molecule has 3 heteroatoms. The first-order valence-electron chi connectivity index (χ1n) is 9.56. The molecule has 1 aliphatic carbocycles. The zero-order valence-corrected chi connectivity index (χ0v) is 16.0. The summed E-state index contributed by atoms with van der Waals surface area (Å²) in [6.45, 7) is 0. The number of aromatic nitrogens is 1. The molecule has 0 amide bonds. The van der Waals surface area contributed by atoms with Crippen LogP contribution in [0.1, 0.15) is 36.9 Å². The van der Waals surface area contributed by atoms with Crippen LogP contribution in [0, 0.1) is 0 Å². The zero-order chi connectivity index (χ0) is 18.3. The first-order chi connectivity index (χ1) is 13.3. The van der Waals surface area contributed by atoms with Crippen LogP contribution < -0.4 is 5.73 Å². The van der Waals surface area contributed by atoms with Crippen molar-refractivity contribution in [3.63, 3.8) is 0 Å². The molecule has 2 nitrogen and oxygen atoms in total. The molecule has 134 valence electrons. The minimum Gasteiger partial charge on any atom is -0.375 e. The Morgan fingerprint density at radius 3 is 2.33 bits per heavy atom. The number of fused-ring (bicyclic) bond motifs is 1. The fourth-order valence-corrected chi connectivity index (χ4v) is 5.29. The Kier molecular flexibility index (Phi) is 3.98. The Bertz CT molecular complexity index is 1080. The molecule has 0 unspecified atom stereocenters. The van der Waals surface area contributed by atoms with Gasteiger partial charge in [-0.25, -0.2) is 4.98 Å². The summed E-state index contributed by atoms with van der Waals surface area (Å²) in [6.07, 6.45) is 4.82. The van der Waals surface area contributed by atoms with E-state index in [2.05, 4.69) is 77.1 Å². The van der Waals surface area contributed by atoms with Gasteiger partial charge in [-0.3, -0.25) is 0 Å². The molecule has 4 aromatic rings. The zero-order valence-electron chi connectivity index (χ0n) is 15.2. The van der Waals surface area contributed by atoms with E-state index in [0.717, 1.165) is 18.5 Å². The molecule has 27 heavy (non-hydrogen) atoms. The fourth-order valence-electron chi connectivity index (χ4n) is 4.62. The van der Waals surface area contributed by atoms with Crippen molar-refractivity contribution in [2.45, 2.75) is 31.1 Å². The van der Waals surface area contributed by atoms with E-state index in [1.807, 2.05) is 0 Å². The molecule has 5 rings (SSSR count). The Morgan fingerprint density at radius 1 is 0.852 bits per heavy atom. The molecule has 1 aliphatic rings. The number of rotatable bonds is 3. The van der Waals surface area contributed by atoms with Crippen LogP contribution in [0.5, 0.6) is 0 Å². The number of nitrogens with zero attached hydrogens (tertiary/aromatic N) is 1. The summed E-state index contributed by atoms with van der Waals surface area (Å²) < 4.78 is 0. The number of anilines is 1. The van der Waals surface area contributed by atoms with Gasteiger partial charge in [0.1, 0.15) is 0 Å². The van der Waals surface area contributed by atoms with Crippen LogP contribution in [0.15, 0.2) is 72.1 Å². The van der Waals surface area contributed by atoms with E-state index in [4.69, 9.17) is 5.73 Å². The SMILES string of the molecule is Nc1nc(C2(c3ccc(-c4cccc5ccccc45)cc3)CCCC2)cs1. The van der Waals surface area contributed by atoms with Gasteiger partial charge in [-0.2, -0.15) is 0 Å². The van der Waals surface area contributed by atoms with Crippen molar-refractivity contribution in [3.05, 3.63) is 83.4 Å². The van der Waals surface area contributed by atoms with E-state index in [0.29, 0.717) is 5.13 Å². The van der Waals surface area contributed by atoms with Crippen LogP contribution in [0.3, 0.4) is 0 Å². The Morgan fingerprint density at radius 2 is 1.59 bits per heavy atom. The summed E-state index contributed by atoms with van der Waals surface area (Å²) in [6, 6.07) is 24.3. The highest BCUT2D eigenvalue weighted by Crippen LogP contribution is 2.47. The second-order valence-electron chi connectivity index (χ2n) is 7.46. The fraction of sp³-hybridized carbons (Fsp3) is 0.208. The average Bonchev–Trinajstić information content (AvgIpc) is 3.38. The molecular formula is C24H22N2S. The van der Waals surface area contributed by atoms with Crippen molar-refractivity contribution >= 4 is 27.2 Å². The standard InChI is InChI=1S/C24H22N2S/c25-23-26-22(16-27-23)24(14-3-4-15-24)19-12-10-18(11-13-19)21-9-5-7-17-6-1-2-8-20(17)21/h1-2,5-13,16H,3-4,14-15H2,(H2,25,26). The summed E-state index contributed by atoms with van der Waals surface area (Å²) >= 11 is 1.55. The lowest BCUT2D eigenvalue weighted by molar-refractivity contribution is 0.522. The highest BCUT2D eigenvalue weighted by Gasteiger charge is 2.39. The van der Waals surface area contributed by atoms with E-state index in [9.17, 15) is 0 Å². The van der Waals surface area contributed by atoms with Gasteiger partial charge in [0.05, 0.1) is 5.69 Å². The van der Waals surface area contributed by atoms with Crippen LogP contribution in [0.2, 0.25) is 0 Å². The lowest BCUT2D eigenvalue weighted by Crippen LogP contribution is -2.24. The molecular weight excluding hydrogens is 348 g/mol. The van der Waals surface area contributed by atoms with Crippen molar-refractivity contribution in [2.24, 2.45) is 0 Å². The monoisotopic (exact) mass is 370 g/mol. The number of nitrogen functional groups attached to an aromatic ring is 1. The van der Waals surface area contributed by atoms with Gasteiger partial charge >= 0.3 is 0 Å². The maximum atomic E-state index is 5.94. The summed E-state index contributed by atoms with van der Waals surface area (Å²) in [5.74, 6) is 0. The summed E-state index contributed by atoms with van der Waals surface area (Å²) in [4.78, 5) is 4.66. The first-order valence-corrected chi connectivity index (χ1v) is 10.4. The molecule has 1 fully saturated rings. The van der Waals surface area contributed by atoms with Gasteiger partial charge in [0.15, 0.2) is 5.13 Å². The number of hydrogen-bond acceptors (Lipinski definition) is 3. The average molecular weight is 371 g/mol. The third-order valence-corrected chi connectivity index (χ3v) is 6.68. The van der Waals surface area contributed by atoms with Crippen molar-refractivity contribution in [3.8, 4) is 11.1 Å². The van der Waals surface area contributed by atoms with Crippen LogP contribution in [-0.4, -0.2) is 4.98 Å². The maximum absolute atomic E-state index is 5.94. The van der Waals surface area contributed by atoms with Crippen molar-refractivity contribution in [1.82, 2.24) is 4.98 Å². The number of nitrogens with two attached hydrogens (primary N) is 1. The van der Waals surface area contributed by atoms with Gasteiger partial charge in [0, 0.05) is 10.8 Å². The molecule has 0 spiro atoms. The molecule has 0 atom stereocenters. The van der Waals surface area contributed by atoms with Crippen molar-refractivity contribution in [2.75, 3.05) is 5.73 Å². The molecule has 2 N–H and O–H groups in total. The molecule has 1 heterocycles. The first kappa shape index (κ1) is 16.5. The van der Waals surface area contributed by atoms with Gasteiger partial charge in [-0.1, -0.05) is 79.6 Å². The minimum absolute atomic E-state index is 0.0331. The molecule has 1 saturated carbocycles. The molecule has 0 aliphatic heterocycles. The molecule has 0 saturated heterocycles. The topological polar surface area (TPSA) is 38.9 Å². The second kappa shape index (κ2) is 6.50. The Labute approximate surface area is 163 Å². The predicted molar refractivity (Wildman–Crippen MR) is 115 cm³/mol. The molecule has 0 bridgehead atoms. The summed E-state index contributed by atoms with van der Waals surface area (Å²) in [7, 11) is 0. The van der Waals surface area contributed by atoms with E-state index < -0.39 is 0 Å². The van der Waals surface area contributed by atoms with E-state index in [1.165, 1.54) is 40.3 Å². The van der Waals surface area contributed by atoms with Crippen LogP contribution in [-0.2, 0) is 5.41 Å². The third-order valence-electron chi connectivity index (χ3n) is 6.01. The number of hydrogen-bond donors (Lipinski definition) is 1. The van der Waals surface area contributed by atoms with Crippen LogP contribution in [0.25, 0.3) is 21.9 Å². The Hall–Kier alpha value is -2.65. The second-order valence-corrected chi connectivity index (χ2v) is 8.35. The van der Waals surface area contributed by atoms with Gasteiger partial charge in [-0.15, -0.1) is 11.3 Å². The summed E-state index contributed by atoms with van der Waals surface area (Å²) in [5, 5.41) is 5.41.